The van der Waals surface area contributed by atoms with Crippen molar-refractivity contribution in [3.8, 4) is 5.75 Å². The van der Waals surface area contributed by atoms with E-state index < -0.39 is 39.8 Å². The van der Waals surface area contributed by atoms with Gasteiger partial charge in [-0.25, -0.2) is 17.6 Å². The lowest BCUT2D eigenvalue weighted by atomic mass is 10.0. The first-order valence-corrected chi connectivity index (χ1v) is 13.7. The number of carbonyl (C=O) groups is 2. The number of sulfonamides is 1. The largest absolute Gasteiger partial charge is 0.508 e. The number of phenolic OH excluding ortho intramolecular Hbond substituents is 1. The van der Waals surface area contributed by atoms with Crippen LogP contribution in [0.2, 0.25) is 0 Å². The number of esters is 1. The molecule has 8 nitrogen and oxygen atoms in total. The molecule has 3 aromatic rings. The molecular formula is C28H29FN2O6S. The number of ether oxygens (including phenoxy) is 1. The normalized spacial score (nSPS) is 16.9. The van der Waals surface area contributed by atoms with Crippen LogP contribution in [0.15, 0.2) is 83.8 Å². The maximum atomic E-state index is 13.8. The molecule has 10 heteroatoms. The zero-order chi connectivity index (χ0) is 27.1. The molecule has 1 aliphatic heterocycles. The fraction of sp³-hybridized carbons (Fsp3) is 0.286. The molecule has 1 saturated heterocycles. The number of nitrogens with one attached hydrogen (secondary N) is 1. The van der Waals surface area contributed by atoms with E-state index in [1.54, 1.807) is 24.3 Å². The van der Waals surface area contributed by atoms with Crippen molar-refractivity contribution in [3.05, 3.63) is 95.8 Å². The zero-order valence-corrected chi connectivity index (χ0v) is 21.4. The standard InChI is InChI=1S/C28H29FN2O6S/c29-22-9-6-10-24(18-22)38(35,36)31-16-5-4-11-26(31)27(33)30-25(17-20-12-14-23(32)15-13-20)28(34)37-19-21-7-2-1-3-8-21/h1-3,6-10,12-15,18,25-26,32H,4-5,11,16-17,19H2,(H,30,33)/t25?,26-/m0/s1. The minimum atomic E-state index is -4.16. The van der Waals surface area contributed by atoms with Crippen LogP contribution in [0, 0.1) is 5.82 Å². The molecule has 0 bridgehead atoms. The van der Waals surface area contributed by atoms with Crippen LogP contribution in [-0.2, 0) is 37.4 Å². The first-order chi connectivity index (χ1) is 18.2. The molecule has 38 heavy (non-hydrogen) atoms. The van der Waals surface area contributed by atoms with E-state index in [1.165, 1.54) is 24.3 Å². The van der Waals surface area contributed by atoms with E-state index in [0.717, 1.165) is 22.0 Å². The smallest absolute Gasteiger partial charge is 0.329 e. The Balaban J connectivity index is 1.54. The van der Waals surface area contributed by atoms with Gasteiger partial charge >= 0.3 is 5.97 Å². The zero-order valence-electron chi connectivity index (χ0n) is 20.6. The molecule has 200 valence electrons. The third kappa shape index (κ3) is 6.76. The highest BCUT2D eigenvalue weighted by molar-refractivity contribution is 7.89. The monoisotopic (exact) mass is 540 g/mol. The fourth-order valence-corrected chi connectivity index (χ4v) is 6.06. The van der Waals surface area contributed by atoms with Crippen molar-refractivity contribution in [2.45, 2.75) is 49.3 Å². The quantitative estimate of drug-likeness (QED) is 0.402. The molecule has 0 spiro atoms. The number of nitrogens with zero attached hydrogens (tertiary/aromatic N) is 1. The van der Waals surface area contributed by atoms with E-state index in [-0.39, 0.29) is 36.6 Å². The summed E-state index contributed by atoms with van der Waals surface area (Å²) in [5.41, 5.74) is 1.44. The minimum absolute atomic E-state index is 0.00509. The van der Waals surface area contributed by atoms with Gasteiger partial charge in [0.25, 0.3) is 0 Å². The number of rotatable bonds is 9. The Bertz CT molecular complexity index is 1370. The predicted octanol–water partition coefficient (Wildman–Crippen LogP) is 3.55. The number of aromatic hydroxyl groups is 1. The number of phenols is 1. The first kappa shape index (κ1) is 27.3. The van der Waals surface area contributed by atoms with Crippen LogP contribution in [0.3, 0.4) is 0 Å². The summed E-state index contributed by atoms with van der Waals surface area (Å²) >= 11 is 0. The van der Waals surface area contributed by atoms with Gasteiger partial charge in [-0.3, -0.25) is 4.79 Å². The number of piperidine rings is 1. The van der Waals surface area contributed by atoms with Gasteiger partial charge < -0.3 is 15.2 Å². The van der Waals surface area contributed by atoms with Crippen molar-refractivity contribution < 1.29 is 32.2 Å². The Kier molecular flexibility index (Phi) is 8.75. The average molecular weight is 541 g/mol. The lowest BCUT2D eigenvalue weighted by Crippen LogP contribution is -2.55. The molecule has 1 heterocycles. The molecule has 1 aliphatic rings. The summed E-state index contributed by atoms with van der Waals surface area (Å²) in [5, 5.41) is 12.3. The van der Waals surface area contributed by atoms with Gasteiger partial charge in [0.05, 0.1) is 4.90 Å². The lowest BCUT2D eigenvalue weighted by Gasteiger charge is -2.34. The van der Waals surface area contributed by atoms with Crippen LogP contribution in [0.4, 0.5) is 4.39 Å². The fourth-order valence-electron chi connectivity index (χ4n) is 4.38. The highest BCUT2D eigenvalue weighted by Crippen LogP contribution is 2.26. The highest BCUT2D eigenvalue weighted by Gasteiger charge is 2.39. The molecular weight excluding hydrogens is 511 g/mol. The number of carbonyl (C=O) groups excluding carboxylic acids is 2. The maximum Gasteiger partial charge on any atom is 0.329 e. The lowest BCUT2D eigenvalue weighted by molar-refractivity contribution is -0.149. The molecule has 0 aromatic heterocycles. The summed E-state index contributed by atoms with van der Waals surface area (Å²) in [6.45, 7) is 0.100. The van der Waals surface area contributed by atoms with E-state index in [1.807, 2.05) is 18.2 Å². The molecule has 4 rings (SSSR count). The van der Waals surface area contributed by atoms with Crippen molar-refractivity contribution in [2.75, 3.05) is 6.54 Å². The van der Waals surface area contributed by atoms with Gasteiger partial charge in [0, 0.05) is 13.0 Å². The summed E-state index contributed by atoms with van der Waals surface area (Å²) in [6.07, 6.45) is 1.50. The summed E-state index contributed by atoms with van der Waals surface area (Å²) in [4.78, 5) is 26.3. The molecule has 1 amide bonds. The second-order valence-electron chi connectivity index (χ2n) is 9.11. The van der Waals surface area contributed by atoms with Gasteiger partial charge in [0.2, 0.25) is 15.9 Å². The second-order valence-corrected chi connectivity index (χ2v) is 11.0. The van der Waals surface area contributed by atoms with Crippen molar-refractivity contribution >= 4 is 21.9 Å². The average Bonchev–Trinajstić information content (AvgIpc) is 2.93. The maximum absolute atomic E-state index is 13.8. The van der Waals surface area contributed by atoms with Gasteiger partial charge in [-0.1, -0.05) is 55.0 Å². The van der Waals surface area contributed by atoms with Crippen LogP contribution < -0.4 is 5.32 Å². The third-order valence-electron chi connectivity index (χ3n) is 6.36. The Morgan fingerprint density at radius 3 is 2.45 bits per heavy atom. The van der Waals surface area contributed by atoms with Crippen molar-refractivity contribution in [1.29, 1.82) is 0 Å². The Morgan fingerprint density at radius 1 is 1.00 bits per heavy atom. The van der Waals surface area contributed by atoms with Crippen molar-refractivity contribution in [3.63, 3.8) is 0 Å². The summed E-state index contributed by atoms with van der Waals surface area (Å²) in [5.74, 6) is -1.95. The SMILES string of the molecule is O=C(OCc1ccccc1)C(Cc1ccc(O)cc1)NC(=O)[C@@H]1CCCCN1S(=O)(=O)c1cccc(F)c1. The molecule has 0 saturated carbocycles. The first-order valence-electron chi connectivity index (χ1n) is 12.3. The topological polar surface area (TPSA) is 113 Å². The van der Waals surface area contributed by atoms with E-state index in [2.05, 4.69) is 5.32 Å². The van der Waals surface area contributed by atoms with E-state index in [9.17, 15) is 27.5 Å². The van der Waals surface area contributed by atoms with Crippen LogP contribution in [0.5, 0.6) is 5.75 Å². The van der Waals surface area contributed by atoms with Gasteiger partial charge in [-0.15, -0.1) is 0 Å². The van der Waals surface area contributed by atoms with E-state index in [4.69, 9.17) is 4.74 Å². The number of amides is 1. The Morgan fingerprint density at radius 2 is 1.74 bits per heavy atom. The Labute approximate surface area is 221 Å². The van der Waals surface area contributed by atoms with Gasteiger partial charge in [0.1, 0.15) is 30.3 Å². The van der Waals surface area contributed by atoms with Crippen LogP contribution in [-0.4, -0.2) is 48.3 Å². The highest BCUT2D eigenvalue weighted by atomic mass is 32.2. The molecule has 0 radical (unpaired) electrons. The van der Waals surface area contributed by atoms with Crippen molar-refractivity contribution in [1.82, 2.24) is 9.62 Å². The number of hydrogen-bond donors (Lipinski definition) is 2. The van der Waals surface area contributed by atoms with Gasteiger partial charge in [-0.2, -0.15) is 4.31 Å². The number of benzene rings is 3. The number of hydrogen-bond acceptors (Lipinski definition) is 6. The summed E-state index contributed by atoms with van der Waals surface area (Å²) < 4.78 is 47.0. The van der Waals surface area contributed by atoms with Crippen LogP contribution >= 0.6 is 0 Å². The molecule has 3 aromatic carbocycles. The van der Waals surface area contributed by atoms with Gasteiger partial charge in [-0.05, 0) is 54.3 Å². The summed E-state index contributed by atoms with van der Waals surface area (Å²) in [6, 6.07) is 17.8. The third-order valence-corrected chi connectivity index (χ3v) is 8.26. The molecule has 1 fully saturated rings. The molecule has 2 N–H and O–H groups in total. The number of halogens is 1. The molecule has 1 unspecified atom stereocenters. The minimum Gasteiger partial charge on any atom is -0.508 e. The van der Waals surface area contributed by atoms with E-state index in [0.29, 0.717) is 18.4 Å². The molecule has 0 aliphatic carbocycles. The molecule has 2 atom stereocenters. The predicted molar refractivity (Wildman–Crippen MR) is 138 cm³/mol. The van der Waals surface area contributed by atoms with Crippen molar-refractivity contribution in [2.24, 2.45) is 0 Å². The van der Waals surface area contributed by atoms with Crippen LogP contribution in [0.25, 0.3) is 0 Å². The Hall–Kier alpha value is -3.76. The summed E-state index contributed by atoms with van der Waals surface area (Å²) in [7, 11) is -4.16. The van der Waals surface area contributed by atoms with Gasteiger partial charge in [0.15, 0.2) is 0 Å². The van der Waals surface area contributed by atoms with Crippen LogP contribution in [0.1, 0.15) is 30.4 Å². The van der Waals surface area contributed by atoms with E-state index >= 15 is 0 Å². The second kappa shape index (κ2) is 12.2.